The van der Waals surface area contributed by atoms with Crippen LogP contribution in [0.25, 0.3) is 44.5 Å². The molecule has 0 aliphatic rings. The Morgan fingerprint density at radius 1 is 0.750 bits per heavy atom. The number of fused-ring (bicyclic) bond motifs is 2. The second-order valence-electron chi connectivity index (χ2n) is 7.93. The van der Waals surface area contributed by atoms with Gasteiger partial charge in [-0.05, 0) is 11.1 Å². The maximum atomic E-state index is 5.33. The van der Waals surface area contributed by atoms with Crippen molar-refractivity contribution in [2.24, 2.45) is 0 Å². The number of nitrogens with zero attached hydrogens (tertiary/aromatic N) is 2. The van der Waals surface area contributed by atoms with Crippen molar-refractivity contribution in [1.82, 2.24) is 9.97 Å². The van der Waals surface area contributed by atoms with Gasteiger partial charge in [0, 0.05) is 9.52 Å². The first-order valence-corrected chi connectivity index (χ1v) is 19.5. The SMILES string of the molecule is C[Si]C.Cc1cc2c(-c3ncco3)cccc2[cH-]1.Cc1cc2c(-c3ncco3)cccc2[cH-]1.[Cl][Zr+2][Cl]. The van der Waals surface area contributed by atoms with Crippen molar-refractivity contribution in [3.63, 3.8) is 0 Å². The molecule has 6 aromatic rings. The van der Waals surface area contributed by atoms with Gasteiger partial charge < -0.3 is 8.83 Å². The van der Waals surface area contributed by atoms with Gasteiger partial charge in [0.25, 0.3) is 0 Å². The minimum absolute atomic E-state index is 0.686. The molecule has 0 fully saturated rings. The van der Waals surface area contributed by atoms with Crippen LogP contribution in [0.3, 0.4) is 0 Å². The normalized spacial score (nSPS) is 9.94. The number of rotatable bonds is 2. The molecule has 0 amide bonds. The zero-order chi connectivity index (χ0) is 25.9. The number of aromatic nitrogens is 2. The summed E-state index contributed by atoms with van der Waals surface area (Å²) in [5.41, 5.74) is 4.66. The van der Waals surface area contributed by atoms with Crippen LogP contribution in [0.4, 0.5) is 0 Å². The Morgan fingerprint density at radius 3 is 1.47 bits per heavy atom. The van der Waals surface area contributed by atoms with E-state index in [1.165, 1.54) is 32.7 Å². The second kappa shape index (κ2) is 14.5. The van der Waals surface area contributed by atoms with E-state index in [-0.39, 0.29) is 0 Å². The van der Waals surface area contributed by atoms with E-state index < -0.39 is 20.8 Å². The van der Waals surface area contributed by atoms with Crippen molar-refractivity contribution >= 4 is 48.1 Å². The number of halogens is 2. The molecular weight excluding hydrogens is 587 g/mol. The summed E-state index contributed by atoms with van der Waals surface area (Å²) in [5, 5.41) is 4.89. The molecular formula is C28H26Cl2N2O2SiZr. The zero-order valence-corrected chi connectivity index (χ0v) is 25.5. The first-order valence-electron chi connectivity index (χ1n) is 11.2. The molecule has 182 valence electrons. The molecule has 0 bridgehead atoms. The van der Waals surface area contributed by atoms with Gasteiger partial charge in [-0.25, -0.2) is 9.97 Å². The average Bonchev–Trinajstić information content (AvgIpc) is 3.66. The van der Waals surface area contributed by atoms with Crippen LogP contribution in [-0.2, 0) is 20.8 Å². The van der Waals surface area contributed by atoms with E-state index in [1.54, 1.807) is 24.9 Å². The Labute approximate surface area is 232 Å². The van der Waals surface area contributed by atoms with E-state index in [4.69, 9.17) is 25.9 Å². The zero-order valence-electron chi connectivity index (χ0n) is 20.5. The first kappa shape index (κ1) is 28.3. The molecule has 36 heavy (non-hydrogen) atoms. The summed E-state index contributed by atoms with van der Waals surface area (Å²) in [4.78, 5) is 8.36. The number of benzene rings is 2. The van der Waals surface area contributed by atoms with Crippen LogP contribution in [0, 0.1) is 13.8 Å². The topological polar surface area (TPSA) is 52.1 Å². The van der Waals surface area contributed by atoms with Gasteiger partial charge in [-0.3, -0.25) is 0 Å². The third kappa shape index (κ3) is 7.39. The van der Waals surface area contributed by atoms with E-state index in [2.05, 4.69) is 73.3 Å². The van der Waals surface area contributed by atoms with Crippen molar-refractivity contribution in [3.05, 3.63) is 96.7 Å². The maximum absolute atomic E-state index is 5.33. The molecule has 8 heteroatoms. The quantitative estimate of drug-likeness (QED) is 0.145. The van der Waals surface area contributed by atoms with Crippen LogP contribution < -0.4 is 0 Å². The van der Waals surface area contributed by atoms with Gasteiger partial charge in [0.15, 0.2) is 0 Å². The summed E-state index contributed by atoms with van der Waals surface area (Å²) in [7, 11) is 11.0. The van der Waals surface area contributed by atoms with Gasteiger partial charge in [0.2, 0.25) is 11.8 Å². The summed E-state index contributed by atoms with van der Waals surface area (Å²) >= 11 is -0.826. The molecule has 0 aliphatic carbocycles. The van der Waals surface area contributed by atoms with Gasteiger partial charge in [-0.1, -0.05) is 39.1 Å². The summed E-state index contributed by atoms with van der Waals surface area (Å²) < 4.78 is 10.7. The molecule has 4 nitrogen and oxygen atoms in total. The second-order valence-corrected chi connectivity index (χ2v) is 12.7. The van der Waals surface area contributed by atoms with E-state index in [1.807, 2.05) is 24.3 Å². The Kier molecular flexibility index (Phi) is 11.4. The fourth-order valence-electron chi connectivity index (χ4n) is 3.86. The number of aryl methyl sites for hydroxylation is 2. The fraction of sp³-hybridized carbons (Fsp3) is 0.143. The number of hydrogen-bond acceptors (Lipinski definition) is 4. The predicted octanol–water partition coefficient (Wildman–Crippen LogP) is 9.21. The number of oxazole rings is 2. The summed E-state index contributed by atoms with van der Waals surface area (Å²) in [5.74, 6) is 1.37. The van der Waals surface area contributed by atoms with Gasteiger partial charge >= 0.3 is 37.9 Å². The van der Waals surface area contributed by atoms with Gasteiger partial charge in [-0.15, -0.1) is 69.1 Å². The molecule has 2 radical (unpaired) electrons. The van der Waals surface area contributed by atoms with Crippen molar-refractivity contribution in [2.75, 3.05) is 0 Å². The van der Waals surface area contributed by atoms with E-state index >= 15 is 0 Å². The molecule has 0 saturated heterocycles. The molecule has 6 rings (SSSR count). The van der Waals surface area contributed by atoms with Crippen LogP contribution in [-0.4, -0.2) is 19.5 Å². The third-order valence-corrected chi connectivity index (χ3v) is 5.12. The van der Waals surface area contributed by atoms with E-state index in [9.17, 15) is 0 Å². The van der Waals surface area contributed by atoms with Crippen molar-refractivity contribution in [3.8, 4) is 22.9 Å². The van der Waals surface area contributed by atoms with Crippen molar-refractivity contribution in [2.45, 2.75) is 26.9 Å². The molecule has 4 aromatic carbocycles. The van der Waals surface area contributed by atoms with E-state index in [0.717, 1.165) is 20.6 Å². The predicted molar refractivity (Wildman–Crippen MR) is 149 cm³/mol. The average molecular weight is 613 g/mol. The van der Waals surface area contributed by atoms with Crippen molar-refractivity contribution in [1.29, 1.82) is 0 Å². The van der Waals surface area contributed by atoms with Crippen LogP contribution in [0.15, 0.2) is 94.4 Å². The van der Waals surface area contributed by atoms with E-state index in [0.29, 0.717) is 11.8 Å². The first-order chi connectivity index (χ1) is 17.5. The number of hydrogen-bond donors (Lipinski definition) is 0. The van der Waals surface area contributed by atoms with Crippen LogP contribution in [0.2, 0.25) is 13.1 Å². The Balaban J connectivity index is 0.000000165. The van der Waals surface area contributed by atoms with Crippen LogP contribution >= 0.6 is 17.0 Å². The molecule has 0 aliphatic heterocycles. The molecule has 0 N–H and O–H groups in total. The van der Waals surface area contributed by atoms with Crippen LogP contribution in [0.5, 0.6) is 0 Å². The monoisotopic (exact) mass is 610 g/mol. The molecule has 2 heterocycles. The summed E-state index contributed by atoms with van der Waals surface area (Å²) in [6.45, 7) is 8.50. The van der Waals surface area contributed by atoms with Crippen molar-refractivity contribution < 1.29 is 29.7 Å². The molecule has 0 spiro atoms. The molecule has 0 saturated carbocycles. The Morgan fingerprint density at radius 2 is 1.14 bits per heavy atom. The van der Waals surface area contributed by atoms with Gasteiger partial charge in [-0.2, -0.15) is 12.1 Å². The Bertz CT molecular complexity index is 1350. The Hall–Kier alpha value is -2.24. The fourth-order valence-corrected chi connectivity index (χ4v) is 3.86. The molecule has 0 atom stereocenters. The molecule has 0 unspecified atom stereocenters. The van der Waals surface area contributed by atoms with Gasteiger partial charge in [0.1, 0.15) is 12.5 Å². The van der Waals surface area contributed by atoms with Gasteiger partial charge in [0.05, 0.1) is 12.4 Å². The van der Waals surface area contributed by atoms with Crippen LogP contribution in [0.1, 0.15) is 11.1 Å². The minimum atomic E-state index is -0.826. The standard InChI is InChI=1S/2C13H10NO.C2H6Si.2ClH.Zr/c2*1-9-7-10-3-2-4-11(12(10)8-9)13-14-5-6-15-13;1-3-2;;;/h2*2-8H,1H3;1-2H3;2*1H;/q2*-1;;;;+4/p-2. The third-order valence-electron chi connectivity index (χ3n) is 5.12. The summed E-state index contributed by atoms with van der Waals surface area (Å²) in [6, 6.07) is 21.0. The molecule has 2 aromatic heterocycles. The summed E-state index contributed by atoms with van der Waals surface area (Å²) in [6.07, 6.45) is 6.54.